The van der Waals surface area contributed by atoms with Gasteiger partial charge in [0.05, 0.1) is 4.34 Å². The standard InChI is InChI=1S/C12H21ClN2S/c1-5-12(2,15(3)4)10(14)8-9-6-7-11(13)16-9/h6-7,10H,5,8,14H2,1-4H3. The summed E-state index contributed by atoms with van der Waals surface area (Å²) in [5.41, 5.74) is 6.37. The van der Waals surface area contributed by atoms with Gasteiger partial charge in [0.15, 0.2) is 0 Å². The van der Waals surface area contributed by atoms with Crippen LogP contribution in [0, 0.1) is 0 Å². The molecule has 0 radical (unpaired) electrons. The molecule has 0 saturated carbocycles. The number of nitrogens with two attached hydrogens (primary N) is 1. The van der Waals surface area contributed by atoms with Gasteiger partial charge in [-0.05, 0) is 46.0 Å². The summed E-state index contributed by atoms with van der Waals surface area (Å²) in [6.45, 7) is 4.40. The van der Waals surface area contributed by atoms with E-state index in [1.165, 1.54) is 4.88 Å². The summed E-state index contributed by atoms with van der Waals surface area (Å²) >= 11 is 7.54. The molecule has 0 bridgehead atoms. The molecule has 0 aromatic carbocycles. The molecule has 1 heterocycles. The molecular weight excluding hydrogens is 240 g/mol. The van der Waals surface area contributed by atoms with Crippen molar-refractivity contribution in [3.63, 3.8) is 0 Å². The van der Waals surface area contributed by atoms with Gasteiger partial charge in [-0.1, -0.05) is 18.5 Å². The maximum Gasteiger partial charge on any atom is 0.0931 e. The third-order valence-electron chi connectivity index (χ3n) is 3.59. The zero-order chi connectivity index (χ0) is 12.3. The van der Waals surface area contributed by atoms with Gasteiger partial charge in [0.2, 0.25) is 0 Å². The van der Waals surface area contributed by atoms with Gasteiger partial charge in [-0.3, -0.25) is 0 Å². The lowest BCUT2D eigenvalue weighted by molar-refractivity contribution is 0.131. The van der Waals surface area contributed by atoms with E-state index in [1.54, 1.807) is 11.3 Å². The number of rotatable bonds is 5. The molecule has 0 aliphatic carbocycles. The van der Waals surface area contributed by atoms with Crippen molar-refractivity contribution in [2.75, 3.05) is 14.1 Å². The Labute approximate surface area is 107 Å². The number of thiophene rings is 1. The Morgan fingerprint density at radius 3 is 2.50 bits per heavy atom. The molecule has 1 aromatic heterocycles. The van der Waals surface area contributed by atoms with Crippen LogP contribution in [0.4, 0.5) is 0 Å². The second kappa shape index (κ2) is 5.50. The smallest absolute Gasteiger partial charge is 0.0931 e. The van der Waals surface area contributed by atoms with Crippen LogP contribution in [-0.4, -0.2) is 30.6 Å². The second-order valence-corrected chi connectivity index (χ2v) is 6.42. The van der Waals surface area contributed by atoms with Crippen molar-refractivity contribution in [2.24, 2.45) is 5.73 Å². The van der Waals surface area contributed by atoms with Crippen LogP contribution < -0.4 is 5.73 Å². The molecule has 1 aromatic rings. The average Bonchev–Trinajstić information content (AvgIpc) is 2.62. The first-order chi connectivity index (χ1) is 7.40. The molecule has 2 atom stereocenters. The highest BCUT2D eigenvalue weighted by molar-refractivity contribution is 7.16. The predicted octanol–water partition coefficient (Wildman–Crippen LogP) is 3.00. The summed E-state index contributed by atoms with van der Waals surface area (Å²) in [6, 6.07) is 4.13. The zero-order valence-electron chi connectivity index (χ0n) is 10.5. The third kappa shape index (κ3) is 2.98. The van der Waals surface area contributed by atoms with Crippen LogP contribution >= 0.6 is 22.9 Å². The molecule has 2 N–H and O–H groups in total. The first-order valence-corrected chi connectivity index (χ1v) is 6.76. The van der Waals surface area contributed by atoms with Crippen LogP contribution in [0.25, 0.3) is 0 Å². The van der Waals surface area contributed by atoms with Crippen molar-refractivity contribution >= 4 is 22.9 Å². The topological polar surface area (TPSA) is 29.3 Å². The van der Waals surface area contributed by atoms with Crippen molar-refractivity contribution < 1.29 is 0 Å². The summed E-state index contributed by atoms with van der Waals surface area (Å²) in [5.74, 6) is 0. The Kier molecular flexibility index (Phi) is 4.80. The van der Waals surface area contributed by atoms with Gasteiger partial charge in [0.25, 0.3) is 0 Å². The van der Waals surface area contributed by atoms with Gasteiger partial charge < -0.3 is 10.6 Å². The lowest BCUT2D eigenvalue weighted by atomic mass is 9.86. The maximum absolute atomic E-state index is 6.33. The number of hydrogen-bond donors (Lipinski definition) is 1. The van der Waals surface area contributed by atoms with E-state index in [9.17, 15) is 0 Å². The molecule has 2 nitrogen and oxygen atoms in total. The van der Waals surface area contributed by atoms with Crippen LogP contribution in [0.3, 0.4) is 0 Å². The first-order valence-electron chi connectivity index (χ1n) is 5.57. The van der Waals surface area contributed by atoms with E-state index in [1.807, 2.05) is 6.07 Å². The highest BCUT2D eigenvalue weighted by Crippen LogP contribution is 2.27. The zero-order valence-corrected chi connectivity index (χ0v) is 12.0. The van der Waals surface area contributed by atoms with Crippen molar-refractivity contribution in [3.8, 4) is 0 Å². The molecule has 0 aliphatic rings. The van der Waals surface area contributed by atoms with E-state index in [-0.39, 0.29) is 11.6 Å². The Hall–Kier alpha value is -0.0900. The normalized spacial score (nSPS) is 17.4. The summed E-state index contributed by atoms with van der Waals surface area (Å²) in [4.78, 5) is 3.48. The fourth-order valence-electron chi connectivity index (χ4n) is 1.81. The van der Waals surface area contributed by atoms with Crippen LogP contribution in [0.1, 0.15) is 25.1 Å². The first kappa shape index (κ1) is 14.0. The summed E-state index contributed by atoms with van der Waals surface area (Å²) in [5, 5.41) is 0. The second-order valence-electron chi connectivity index (χ2n) is 4.62. The van der Waals surface area contributed by atoms with Crippen molar-refractivity contribution in [3.05, 3.63) is 21.3 Å². The molecular formula is C12H21ClN2S. The van der Waals surface area contributed by atoms with Crippen LogP contribution in [0.5, 0.6) is 0 Å². The lowest BCUT2D eigenvalue weighted by Gasteiger charge is -2.40. The molecule has 1 rings (SSSR count). The van der Waals surface area contributed by atoms with Gasteiger partial charge in [-0.25, -0.2) is 0 Å². The minimum Gasteiger partial charge on any atom is -0.326 e. The van der Waals surface area contributed by atoms with Gasteiger partial charge >= 0.3 is 0 Å². The Morgan fingerprint density at radius 2 is 2.12 bits per heavy atom. The molecule has 0 fully saturated rings. The van der Waals surface area contributed by atoms with E-state index < -0.39 is 0 Å². The minimum atomic E-state index is 0.0382. The molecule has 0 saturated heterocycles. The molecule has 4 heteroatoms. The highest BCUT2D eigenvalue weighted by atomic mass is 35.5. The Balaban J connectivity index is 2.73. The molecule has 92 valence electrons. The quantitative estimate of drug-likeness (QED) is 0.882. The fraction of sp³-hybridized carbons (Fsp3) is 0.667. The summed E-state index contributed by atoms with van der Waals surface area (Å²) in [6.07, 6.45) is 1.93. The van der Waals surface area contributed by atoms with Crippen LogP contribution in [-0.2, 0) is 6.42 Å². The van der Waals surface area contributed by atoms with Gasteiger partial charge in [-0.2, -0.15) is 0 Å². The van der Waals surface area contributed by atoms with Gasteiger partial charge in [0.1, 0.15) is 0 Å². The monoisotopic (exact) mass is 260 g/mol. The van der Waals surface area contributed by atoms with Crippen molar-refractivity contribution in [1.82, 2.24) is 4.90 Å². The SMILES string of the molecule is CCC(C)(C(N)Cc1ccc(Cl)s1)N(C)C. The molecule has 0 spiro atoms. The predicted molar refractivity (Wildman–Crippen MR) is 73.4 cm³/mol. The van der Waals surface area contributed by atoms with E-state index >= 15 is 0 Å². The molecule has 0 aliphatic heterocycles. The van der Waals surface area contributed by atoms with E-state index in [2.05, 4.69) is 38.9 Å². The van der Waals surface area contributed by atoms with Gasteiger partial charge in [-0.15, -0.1) is 11.3 Å². The molecule has 16 heavy (non-hydrogen) atoms. The summed E-state index contributed by atoms with van der Waals surface area (Å²) in [7, 11) is 4.18. The van der Waals surface area contributed by atoms with Crippen LogP contribution in [0.2, 0.25) is 4.34 Å². The molecule has 2 unspecified atom stereocenters. The van der Waals surface area contributed by atoms with Gasteiger partial charge in [0, 0.05) is 16.5 Å². The number of likely N-dealkylation sites (N-methyl/N-ethyl adjacent to an activating group) is 1. The fourth-order valence-corrected chi connectivity index (χ4v) is 2.95. The minimum absolute atomic E-state index is 0.0382. The lowest BCUT2D eigenvalue weighted by Crippen LogP contribution is -2.55. The van der Waals surface area contributed by atoms with E-state index in [4.69, 9.17) is 17.3 Å². The van der Waals surface area contributed by atoms with Crippen molar-refractivity contribution in [1.29, 1.82) is 0 Å². The van der Waals surface area contributed by atoms with Crippen molar-refractivity contribution in [2.45, 2.75) is 38.3 Å². The summed E-state index contributed by atoms with van der Waals surface area (Å²) < 4.78 is 0.838. The Bertz CT molecular complexity index is 338. The van der Waals surface area contributed by atoms with E-state index in [0.29, 0.717) is 0 Å². The van der Waals surface area contributed by atoms with E-state index in [0.717, 1.165) is 17.2 Å². The highest BCUT2D eigenvalue weighted by Gasteiger charge is 2.32. The number of nitrogens with zero attached hydrogens (tertiary/aromatic N) is 1. The Morgan fingerprint density at radius 1 is 1.50 bits per heavy atom. The number of hydrogen-bond acceptors (Lipinski definition) is 3. The van der Waals surface area contributed by atoms with Crippen LogP contribution in [0.15, 0.2) is 12.1 Å². The third-order valence-corrected chi connectivity index (χ3v) is 4.84. The molecule has 0 amide bonds. The maximum atomic E-state index is 6.33. The largest absolute Gasteiger partial charge is 0.326 e. The number of halogens is 1. The average molecular weight is 261 g/mol.